The van der Waals surface area contributed by atoms with Gasteiger partial charge < -0.3 is 16.4 Å². The Balaban J connectivity index is 2.01. The number of nitrogen functional groups attached to an aromatic ring is 1. The van der Waals surface area contributed by atoms with Crippen LogP contribution in [0.4, 0.5) is 27.1 Å². The molecule has 0 radical (unpaired) electrons. The molecule has 1 heterocycles. The molecule has 4 N–H and O–H groups in total. The number of nitro benzene ring substituents is 1. The Labute approximate surface area is 136 Å². The van der Waals surface area contributed by atoms with Crippen molar-refractivity contribution >= 4 is 34.2 Å². The van der Waals surface area contributed by atoms with Crippen molar-refractivity contribution in [3.63, 3.8) is 0 Å². The van der Waals surface area contributed by atoms with Gasteiger partial charge in [-0.15, -0.1) is 0 Å². The first-order chi connectivity index (χ1) is 11.4. The van der Waals surface area contributed by atoms with Gasteiger partial charge in [0.15, 0.2) is 0 Å². The number of benzene rings is 2. The number of allylic oxidation sites excluding steroid dienone is 1. The Morgan fingerprint density at radius 1 is 1.29 bits per heavy atom. The molecular weight excluding hydrogens is 315 g/mol. The molecule has 1 amide bonds. The first kappa shape index (κ1) is 15.5. The fourth-order valence-electron chi connectivity index (χ4n) is 2.57. The number of amides is 1. The molecular formula is C16H13FN4O3. The number of nitrogens with two attached hydrogens (primary N) is 1. The third-order valence-corrected chi connectivity index (χ3v) is 3.64. The standard InChI is InChI=1S/C16H13FN4O3/c1-8(19-10-3-4-12(17)14(7-10)21(23)24)15-11-6-9(18)2-5-13(11)20-16(15)22/h2-7,19H,18H2,1H3,(H,20,22)/b15-8-. The highest BCUT2D eigenvalue weighted by Gasteiger charge is 2.26. The molecule has 0 bridgehead atoms. The third-order valence-electron chi connectivity index (χ3n) is 3.64. The Bertz CT molecular complexity index is 908. The van der Waals surface area contributed by atoms with Crippen molar-refractivity contribution in [2.24, 2.45) is 0 Å². The van der Waals surface area contributed by atoms with Crippen LogP contribution in [0.25, 0.3) is 5.57 Å². The van der Waals surface area contributed by atoms with E-state index in [4.69, 9.17) is 5.73 Å². The minimum absolute atomic E-state index is 0.304. The lowest BCUT2D eigenvalue weighted by Gasteiger charge is -2.10. The molecule has 8 heteroatoms. The van der Waals surface area contributed by atoms with E-state index in [1.165, 1.54) is 6.07 Å². The molecule has 3 rings (SSSR count). The van der Waals surface area contributed by atoms with Gasteiger partial charge in [-0.3, -0.25) is 14.9 Å². The van der Waals surface area contributed by atoms with Crippen molar-refractivity contribution in [3.8, 4) is 0 Å². The molecule has 1 aliphatic heterocycles. The van der Waals surface area contributed by atoms with Crippen molar-refractivity contribution in [1.82, 2.24) is 0 Å². The van der Waals surface area contributed by atoms with Gasteiger partial charge in [0.2, 0.25) is 5.82 Å². The van der Waals surface area contributed by atoms with Gasteiger partial charge in [0.25, 0.3) is 5.91 Å². The molecule has 0 saturated carbocycles. The molecule has 24 heavy (non-hydrogen) atoms. The maximum Gasteiger partial charge on any atom is 0.306 e. The SMILES string of the molecule is C/C(Nc1ccc(F)c([N+](=O)[O-])c1)=C1/C(=O)Nc2ccc(N)cc21. The molecule has 2 aromatic carbocycles. The number of carbonyl (C=O) groups is 1. The summed E-state index contributed by atoms with van der Waals surface area (Å²) >= 11 is 0. The van der Waals surface area contributed by atoms with Gasteiger partial charge in [-0.05, 0) is 37.3 Å². The van der Waals surface area contributed by atoms with Gasteiger partial charge >= 0.3 is 5.69 Å². The minimum atomic E-state index is -0.924. The van der Waals surface area contributed by atoms with Gasteiger partial charge in [-0.1, -0.05) is 0 Å². The Morgan fingerprint density at radius 3 is 2.75 bits per heavy atom. The summed E-state index contributed by atoms with van der Waals surface area (Å²) in [6.45, 7) is 1.66. The van der Waals surface area contributed by atoms with Crippen molar-refractivity contribution in [1.29, 1.82) is 0 Å². The summed E-state index contributed by atoms with van der Waals surface area (Å²) in [5, 5.41) is 16.4. The maximum atomic E-state index is 13.4. The Kier molecular flexibility index (Phi) is 3.64. The number of carbonyl (C=O) groups excluding carboxylic acids is 1. The molecule has 0 saturated heterocycles. The molecule has 7 nitrogen and oxygen atoms in total. The number of anilines is 3. The average Bonchev–Trinajstić information content (AvgIpc) is 2.84. The topological polar surface area (TPSA) is 110 Å². The second-order valence-corrected chi connectivity index (χ2v) is 5.31. The van der Waals surface area contributed by atoms with Crippen LogP contribution in [0.1, 0.15) is 12.5 Å². The normalized spacial score (nSPS) is 14.8. The van der Waals surface area contributed by atoms with Gasteiger partial charge in [0.1, 0.15) is 0 Å². The van der Waals surface area contributed by atoms with Gasteiger partial charge in [0.05, 0.1) is 10.5 Å². The van der Waals surface area contributed by atoms with E-state index in [-0.39, 0.29) is 5.91 Å². The van der Waals surface area contributed by atoms with Gasteiger partial charge in [-0.25, -0.2) is 0 Å². The summed E-state index contributed by atoms with van der Waals surface area (Å²) in [6.07, 6.45) is 0. The zero-order chi connectivity index (χ0) is 17.4. The van der Waals surface area contributed by atoms with Crippen molar-refractivity contribution in [2.75, 3.05) is 16.4 Å². The predicted molar refractivity (Wildman–Crippen MR) is 88.8 cm³/mol. The summed E-state index contributed by atoms with van der Waals surface area (Å²) in [7, 11) is 0. The highest BCUT2D eigenvalue weighted by Crippen LogP contribution is 2.35. The van der Waals surface area contributed by atoms with E-state index in [1.807, 2.05) is 0 Å². The second-order valence-electron chi connectivity index (χ2n) is 5.31. The average molecular weight is 328 g/mol. The molecule has 0 fully saturated rings. The first-order valence-corrected chi connectivity index (χ1v) is 7.00. The monoisotopic (exact) mass is 328 g/mol. The van der Waals surface area contributed by atoms with Crippen LogP contribution in [0, 0.1) is 15.9 Å². The molecule has 122 valence electrons. The van der Waals surface area contributed by atoms with Gasteiger partial charge in [0, 0.05) is 34.4 Å². The summed E-state index contributed by atoms with van der Waals surface area (Å²) in [5.74, 6) is -1.23. The Morgan fingerprint density at radius 2 is 2.04 bits per heavy atom. The molecule has 0 aliphatic carbocycles. The number of nitro groups is 1. The fraction of sp³-hybridized carbons (Fsp3) is 0.0625. The lowest BCUT2D eigenvalue weighted by Crippen LogP contribution is -2.09. The highest BCUT2D eigenvalue weighted by molar-refractivity contribution is 6.32. The van der Waals surface area contributed by atoms with Crippen molar-refractivity contribution in [2.45, 2.75) is 6.92 Å². The van der Waals surface area contributed by atoms with Crippen LogP contribution in [0.2, 0.25) is 0 Å². The zero-order valence-corrected chi connectivity index (χ0v) is 12.6. The van der Waals surface area contributed by atoms with E-state index < -0.39 is 16.4 Å². The summed E-state index contributed by atoms with van der Waals surface area (Å²) in [5.41, 5.74) is 8.06. The summed E-state index contributed by atoms with van der Waals surface area (Å²) in [6, 6.07) is 8.48. The quantitative estimate of drug-likeness (QED) is 0.347. The van der Waals surface area contributed by atoms with Crippen LogP contribution in [-0.2, 0) is 4.79 Å². The van der Waals surface area contributed by atoms with E-state index in [9.17, 15) is 19.3 Å². The van der Waals surface area contributed by atoms with Crippen LogP contribution >= 0.6 is 0 Å². The number of fused-ring (bicyclic) bond motifs is 1. The lowest BCUT2D eigenvalue weighted by molar-refractivity contribution is -0.387. The van der Waals surface area contributed by atoms with Crippen LogP contribution in [-0.4, -0.2) is 10.8 Å². The van der Waals surface area contributed by atoms with E-state index in [0.717, 1.165) is 12.1 Å². The zero-order valence-electron chi connectivity index (χ0n) is 12.6. The fourth-order valence-corrected chi connectivity index (χ4v) is 2.57. The first-order valence-electron chi connectivity index (χ1n) is 7.00. The molecule has 0 spiro atoms. The van der Waals surface area contributed by atoms with E-state index in [2.05, 4.69) is 10.6 Å². The number of halogens is 1. The maximum absolute atomic E-state index is 13.4. The molecule has 0 unspecified atom stereocenters. The number of hydrogen-bond donors (Lipinski definition) is 3. The number of rotatable bonds is 3. The Hall–Kier alpha value is -3.42. The molecule has 0 atom stereocenters. The summed E-state index contributed by atoms with van der Waals surface area (Å²) in [4.78, 5) is 22.2. The van der Waals surface area contributed by atoms with E-state index in [1.54, 1.807) is 25.1 Å². The lowest BCUT2D eigenvalue weighted by atomic mass is 10.0. The predicted octanol–water partition coefficient (Wildman–Crippen LogP) is 3.11. The third kappa shape index (κ3) is 2.65. The van der Waals surface area contributed by atoms with Crippen molar-refractivity contribution < 1.29 is 14.1 Å². The molecule has 0 aromatic heterocycles. The van der Waals surface area contributed by atoms with Crippen LogP contribution in [0.15, 0.2) is 42.1 Å². The number of hydrogen-bond acceptors (Lipinski definition) is 5. The molecule has 1 aliphatic rings. The smallest absolute Gasteiger partial charge is 0.306 e. The molecule has 2 aromatic rings. The van der Waals surface area contributed by atoms with Crippen LogP contribution < -0.4 is 16.4 Å². The number of nitrogens with zero attached hydrogens (tertiary/aromatic N) is 1. The second kappa shape index (κ2) is 5.65. The van der Waals surface area contributed by atoms with Crippen molar-refractivity contribution in [3.05, 3.63) is 63.6 Å². The highest BCUT2D eigenvalue weighted by atomic mass is 19.1. The minimum Gasteiger partial charge on any atom is -0.399 e. The largest absolute Gasteiger partial charge is 0.399 e. The van der Waals surface area contributed by atoms with E-state index in [0.29, 0.717) is 33.9 Å². The van der Waals surface area contributed by atoms with Gasteiger partial charge in [-0.2, -0.15) is 4.39 Å². The number of nitrogens with one attached hydrogen (secondary N) is 2. The van der Waals surface area contributed by atoms with Crippen LogP contribution in [0.5, 0.6) is 0 Å². The summed E-state index contributed by atoms with van der Waals surface area (Å²) < 4.78 is 13.4. The van der Waals surface area contributed by atoms with E-state index >= 15 is 0 Å². The van der Waals surface area contributed by atoms with Crippen LogP contribution in [0.3, 0.4) is 0 Å².